The molecule has 6 nitrogen and oxygen atoms in total. The number of amides is 2. The molecule has 1 N–H and O–H groups in total. The number of nitrogens with zero attached hydrogens (tertiary/aromatic N) is 3. The molecule has 1 aromatic heterocycles. The third-order valence-corrected chi connectivity index (χ3v) is 6.58. The van der Waals surface area contributed by atoms with Crippen molar-refractivity contribution in [3.8, 4) is 0 Å². The average Bonchev–Trinajstić information content (AvgIpc) is 3.72. The van der Waals surface area contributed by atoms with Crippen LogP contribution in [0.2, 0.25) is 0 Å². The van der Waals surface area contributed by atoms with Gasteiger partial charge in [0, 0.05) is 61.8 Å². The van der Waals surface area contributed by atoms with E-state index in [0.717, 1.165) is 55.6 Å². The second-order valence-electron chi connectivity index (χ2n) is 8.95. The van der Waals surface area contributed by atoms with Crippen molar-refractivity contribution in [2.45, 2.75) is 31.6 Å². The fraction of sp³-hybridized carbons (Fsp3) is 0.370. The lowest BCUT2D eigenvalue weighted by atomic mass is 10.1. The van der Waals surface area contributed by atoms with Crippen molar-refractivity contribution in [2.75, 3.05) is 37.6 Å². The molecule has 0 bridgehead atoms. The quantitative estimate of drug-likeness (QED) is 0.563. The van der Waals surface area contributed by atoms with Gasteiger partial charge < -0.3 is 15.1 Å². The van der Waals surface area contributed by atoms with Gasteiger partial charge in [0.1, 0.15) is 0 Å². The van der Waals surface area contributed by atoms with Crippen LogP contribution in [0.3, 0.4) is 0 Å². The van der Waals surface area contributed by atoms with Gasteiger partial charge in [0.25, 0.3) is 5.91 Å². The van der Waals surface area contributed by atoms with Gasteiger partial charge >= 0.3 is 0 Å². The highest BCUT2D eigenvalue weighted by Gasteiger charge is 2.27. The number of nitrogens with one attached hydrogen (secondary N) is 1. The van der Waals surface area contributed by atoms with E-state index in [4.69, 9.17) is 4.98 Å². The molecule has 2 aliphatic rings. The molecule has 6 heteroatoms. The number of piperazine rings is 1. The number of hydrogen-bond acceptors (Lipinski definition) is 4. The zero-order chi connectivity index (χ0) is 22.6. The molecule has 0 atom stereocenters. The van der Waals surface area contributed by atoms with Crippen molar-refractivity contribution in [2.24, 2.45) is 0 Å². The Labute approximate surface area is 194 Å². The minimum Gasteiger partial charge on any atom is -0.368 e. The largest absolute Gasteiger partial charge is 0.368 e. The van der Waals surface area contributed by atoms with E-state index in [1.165, 1.54) is 5.69 Å². The van der Waals surface area contributed by atoms with Gasteiger partial charge in [-0.15, -0.1) is 0 Å². The van der Waals surface area contributed by atoms with Crippen molar-refractivity contribution < 1.29 is 9.59 Å². The summed E-state index contributed by atoms with van der Waals surface area (Å²) >= 11 is 0. The number of pyridine rings is 1. The summed E-state index contributed by atoms with van der Waals surface area (Å²) in [4.78, 5) is 34.6. The van der Waals surface area contributed by atoms with Crippen LogP contribution in [-0.4, -0.2) is 54.4 Å². The summed E-state index contributed by atoms with van der Waals surface area (Å²) in [7, 11) is 0. The first-order chi connectivity index (χ1) is 16.2. The highest BCUT2D eigenvalue weighted by atomic mass is 16.2. The third-order valence-electron chi connectivity index (χ3n) is 6.58. The average molecular weight is 443 g/mol. The van der Waals surface area contributed by atoms with Crippen LogP contribution in [-0.2, 0) is 4.79 Å². The second kappa shape index (κ2) is 9.61. The molecular formula is C27H30N4O2. The lowest BCUT2D eigenvalue weighted by Crippen LogP contribution is -2.48. The van der Waals surface area contributed by atoms with E-state index >= 15 is 0 Å². The van der Waals surface area contributed by atoms with Crippen molar-refractivity contribution in [1.82, 2.24) is 15.2 Å². The van der Waals surface area contributed by atoms with Gasteiger partial charge in [-0.05, 0) is 43.5 Å². The number of carbonyl (C=O) groups excluding carboxylic acids is 2. The Morgan fingerprint density at radius 3 is 2.42 bits per heavy atom. The van der Waals surface area contributed by atoms with Gasteiger partial charge in [-0.25, -0.2) is 0 Å². The standard InChI is InChI=1S/C27H30N4O2/c32-26(31-17-15-30(16-18-31)21-7-2-1-3-8-21)11-6-14-28-27(33)23-19-25(20-12-13-20)29-24-10-5-4-9-22(23)24/h1-5,7-10,19-20H,6,11-18H2,(H,28,33). The fourth-order valence-electron chi connectivity index (χ4n) is 4.52. The van der Waals surface area contributed by atoms with Crippen LogP contribution in [0.15, 0.2) is 60.7 Å². The molecule has 2 aromatic carbocycles. The van der Waals surface area contributed by atoms with Crippen LogP contribution in [0.4, 0.5) is 5.69 Å². The lowest BCUT2D eigenvalue weighted by Gasteiger charge is -2.36. The molecule has 2 amide bonds. The summed E-state index contributed by atoms with van der Waals surface area (Å²) < 4.78 is 0. The molecule has 170 valence electrons. The van der Waals surface area contributed by atoms with Crippen LogP contribution >= 0.6 is 0 Å². The van der Waals surface area contributed by atoms with Gasteiger partial charge in [-0.2, -0.15) is 0 Å². The second-order valence-corrected chi connectivity index (χ2v) is 8.95. The first-order valence-corrected chi connectivity index (χ1v) is 11.9. The maximum atomic E-state index is 12.9. The third kappa shape index (κ3) is 5.00. The fourth-order valence-corrected chi connectivity index (χ4v) is 4.52. The van der Waals surface area contributed by atoms with Crippen LogP contribution < -0.4 is 10.2 Å². The van der Waals surface area contributed by atoms with Gasteiger partial charge in [0.2, 0.25) is 5.91 Å². The SMILES string of the molecule is O=C(NCCCC(=O)N1CCN(c2ccccc2)CC1)c1cc(C2CC2)nc2ccccc12. The Morgan fingerprint density at radius 1 is 0.939 bits per heavy atom. The topological polar surface area (TPSA) is 65.5 Å². The smallest absolute Gasteiger partial charge is 0.252 e. The summed E-state index contributed by atoms with van der Waals surface area (Å²) in [6.45, 7) is 3.68. The maximum Gasteiger partial charge on any atom is 0.252 e. The monoisotopic (exact) mass is 442 g/mol. The number of anilines is 1. The normalized spacial score (nSPS) is 16.1. The zero-order valence-corrected chi connectivity index (χ0v) is 18.9. The van der Waals surface area contributed by atoms with E-state index in [1.54, 1.807) is 0 Å². The Morgan fingerprint density at radius 2 is 1.67 bits per heavy atom. The molecule has 0 spiro atoms. The minimum absolute atomic E-state index is 0.0839. The number of carbonyl (C=O) groups is 2. The molecule has 2 heterocycles. The van der Waals surface area contributed by atoms with E-state index in [9.17, 15) is 9.59 Å². The van der Waals surface area contributed by atoms with Crippen molar-refractivity contribution in [3.05, 3.63) is 71.9 Å². The molecule has 3 aromatic rings. The van der Waals surface area contributed by atoms with Crippen LogP contribution in [0.25, 0.3) is 10.9 Å². The van der Waals surface area contributed by atoms with Crippen LogP contribution in [0, 0.1) is 0 Å². The number of fused-ring (bicyclic) bond motifs is 1. The summed E-state index contributed by atoms with van der Waals surface area (Å²) in [5.41, 5.74) is 3.78. The summed E-state index contributed by atoms with van der Waals surface area (Å²) in [5.74, 6) is 0.572. The highest BCUT2D eigenvalue weighted by Crippen LogP contribution is 2.40. The number of benzene rings is 2. The Balaban J connectivity index is 1.11. The van der Waals surface area contributed by atoms with Crippen molar-refractivity contribution in [1.29, 1.82) is 0 Å². The Kier molecular flexibility index (Phi) is 6.24. The van der Waals surface area contributed by atoms with Crippen LogP contribution in [0.5, 0.6) is 0 Å². The predicted octanol–water partition coefficient (Wildman–Crippen LogP) is 3.97. The lowest BCUT2D eigenvalue weighted by molar-refractivity contribution is -0.131. The van der Waals surface area contributed by atoms with Crippen molar-refractivity contribution in [3.63, 3.8) is 0 Å². The molecule has 2 fully saturated rings. The van der Waals surface area contributed by atoms with Gasteiger partial charge in [0.05, 0.1) is 11.1 Å². The molecular weight excluding hydrogens is 412 g/mol. The molecule has 5 rings (SSSR count). The molecule has 0 unspecified atom stereocenters. The molecule has 33 heavy (non-hydrogen) atoms. The van der Waals surface area contributed by atoms with E-state index in [2.05, 4.69) is 22.3 Å². The maximum absolute atomic E-state index is 12.9. The van der Waals surface area contributed by atoms with Crippen molar-refractivity contribution >= 4 is 28.4 Å². The molecule has 0 radical (unpaired) electrons. The summed E-state index contributed by atoms with van der Waals surface area (Å²) in [6, 6.07) is 20.1. The zero-order valence-electron chi connectivity index (χ0n) is 18.9. The molecule has 1 aliphatic heterocycles. The number of aromatic nitrogens is 1. The number of rotatable bonds is 7. The van der Waals surface area contributed by atoms with E-state index in [1.807, 2.05) is 53.4 Å². The number of hydrogen-bond donors (Lipinski definition) is 1. The molecule has 1 saturated heterocycles. The minimum atomic E-state index is -0.0839. The first kappa shape index (κ1) is 21.4. The first-order valence-electron chi connectivity index (χ1n) is 11.9. The molecule has 1 saturated carbocycles. The van der Waals surface area contributed by atoms with E-state index in [0.29, 0.717) is 30.9 Å². The summed E-state index contributed by atoms with van der Waals surface area (Å²) in [6.07, 6.45) is 3.39. The van der Waals surface area contributed by atoms with E-state index in [-0.39, 0.29) is 11.8 Å². The van der Waals surface area contributed by atoms with E-state index < -0.39 is 0 Å². The van der Waals surface area contributed by atoms with Gasteiger partial charge in [0.15, 0.2) is 0 Å². The Bertz CT molecular complexity index is 1140. The van der Waals surface area contributed by atoms with Crippen LogP contribution in [0.1, 0.15) is 47.7 Å². The van der Waals surface area contributed by atoms with Gasteiger partial charge in [-0.3, -0.25) is 14.6 Å². The number of para-hydroxylation sites is 2. The molecule has 1 aliphatic carbocycles. The highest BCUT2D eigenvalue weighted by molar-refractivity contribution is 6.06. The van der Waals surface area contributed by atoms with Gasteiger partial charge in [-0.1, -0.05) is 36.4 Å². The Hall–Kier alpha value is -3.41. The summed E-state index contributed by atoms with van der Waals surface area (Å²) in [5, 5.41) is 3.90. The predicted molar refractivity (Wildman–Crippen MR) is 131 cm³/mol.